The molecule has 0 spiro atoms. The molecule has 2 N–H and O–H groups in total. The Morgan fingerprint density at radius 3 is 2.60 bits per heavy atom. The van der Waals surface area contributed by atoms with Gasteiger partial charge < -0.3 is 10.1 Å². The second-order valence-corrected chi connectivity index (χ2v) is 8.57. The summed E-state index contributed by atoms with van der Waals surface area (Å²) in [4.78, 5) is 27.9. The number of benzene rings is 2. The summed E-state index contributed by atoms with van der Waals surface area (Å²) >= 11 is 11.6. The fourth-order valence-electron chi connectivity index (χ4n) is 2.48. The van der Waals surface area contributed by atoms with E-state index in [0.29, 0.717) is 11.2 Å². The van der Waals surface area contributed by atoms with Crippen molar-refractivity contribution in [2.24, 2.45) is 0 Å². The smallest absolute Gasteiger partial charge is 0.321 e. The predicted molar refractivity (Wildman–Crippen MR) is 113 cm³/mol. The molecule has 0 bridgehead atoms. The summed E-state index contributed by atoms with van der Waals surface area (Å²) in [6.45, 7) is -1.24. The lowest BCUT2D eigenvalue weighted by molar-refractivity contribution is -0.146. The Morgan fingerprint density at radius 1 is 1.03 bits per heavy atom. The number of hydrogen-bond donors (Lipinski definition) is 2. The van der Waals surface area contributed by atoms with Crippen LogP contribution in [-0.2, 0) is 24.3 Å². The molecule has 0 unspecified atom stereocenters. The minimum atomic E-state index is -4.01. The molecule has 0 fully saturated rings. The number of carbonyl (C=O) groups is 2. The third kappa shape index (κ3) is 5.45. The van der Waals surface area contributed by atoms with Crippen LogP contribution < -0.4 is 10.0 Å². The molecule has 11 heteroatoms. The molecular weight excluding hydrogens is 453 g/mol. The van der Waals surface area contributed by atoms with Crippen LogP contribution in [0.25, 0.3) is 10.9 Å². The molecule has 1 heterocycles. The summed E-state index contributed by atoms with van der Waals surface area (Å²) in [6, 6.07) is 12.5. The van der Waals surface area contributed by atoms with Crippen molar-refractivity contribution < 1.29 is 22.7 Å². The number of nitrogens with one attached hydrogen (secondary N) is 2. The molecule has 2 aromatic carbocycles. The second kappa shape index (κ2) is 9.40. The van der Waals surface area contributed by atoms with E-state index in [1.165, 1.54) is 12.1 Å². The average Bonchev–Trinajstić information content (AvgIpc) is 2.73. The topological polar surface area (TPSA) is 114 Å². The van der Waals surface area contributed by atoms with Gasteiger partial charge in [0.15, 0.2) is 6.61 Å². The van der Waals surface area contributed by atoms with Crippen molar-refractivity contribution in [3.63, 3.8) is 0 Å². The molecule has 3 rings (SSSR count). The van der Waals surface area contributed by atoms with Crippen LogP contribution in [0.4, 0.5) is 5.69 Å². The van der Waals surface area contributed by atoms with E-state index in [-0.39, 0.29) is 14.9 Å². The normalized spacial score (nSPS) is 11.3. The van der Waals surface area contributed by atoms with Gasteiger partial charge in [0.1, 0.15) is 6.54 Å². The molecule has 1 amide bonds. The van der Waals surface area contributed by atoms with Gasteiger partial charge in [0.25, 0.3) is 5.91 Å². The zero-order valence-electron chi connectivity index (χ0n) is 15.3. The number of ether oxygens (including phenoxy) is 1. The monoisotopic (exact) mass is 467 g/mol. The molecule has 0 radical (unpaired) electrons. The van der Waals surface area contributed by atoms with Crippen LogP contribution in [0.5, 0.6) is 0 Å². The fourth-order valence-corrected chi connectivity index (χ4v) is 3.83. The summed E-state index contributed by atoms with van der Waals surface area (Å²) in [5.74, 6) is -1.50. The van der Waals surface area contributed by atoms with E-state index in [1.54, 1.807) is 36.5 Å². The largest absolute Gasteiger partial charge is 0.455 e. The molecule has 1 aromatic heterocycles. The summed E-state index contributed by atoms with van der Waals surface area (Å²) in [5.41, 5.74) is 1.21. The van der Waals surface area contributed by atoms with Crippen LogP contribution in [0, 0.1) is 0 Å². The van der Waals surface area contributed by atoms with Gasteiger partial charge in [0, 0.05) is 11.6 Å². The molecule has 156 valence electrons. The third-order valence-corrected chi connectivity index (χ3v) is 6.03. The summed E-state index contributed by atoms with van der Waals surface area (Å²) < 4.78 is 31.3. The summed E-state index contributed by atoms with van der Waals surface area (Å²) in [5, 5.41) is 3.61. The molecule has 8 nitrogen and oxygen atoms in total. The minimum Gasteiger partial charge on any atom is -0.455 e. The highest BCUT2D eigenvalue weighted by Crippen LogP contribution is 2.24. The van der Waals surface area contributed by atoms with Crippen molar-refractivity contribution in [2.75, 3.05) is 18.5 Å². The van der Waals surface area contributed by atoms with Gasteiger partial charge in [0.2, 0.25) is 10.0 Å². The molecular formula is C19H15Cl2N3O5S. The number of rotatable bonds is 7. The van der Waals surface area contributed by atoms with Gasteiger partial charge in [-0.25, -0.2) is 8.42 Å². The van der Waals surface area contributed by atoms with Crippen LogP contribution in [0.3, 0.4) is 0 Å². The number of anilines is 1. The van der Waals surface area contributed by atoms with Crippen molar-refractivity contribution in [1.82, 2.24) is 9.71 Å². The van der Waals surface area contributed by atoms with Crippen LogP contribution in [0.15, 0.2) is 59.6 Å². The lowest BCUT2D eigenvalue weighted by Gasteiger charge is -2.10. The Labute approximate surface area is 182 Å². The average molecular weight is 468 g/mol. The Kier molecular flexibility index (Phi) is 6.88. The Bertz CT molecular complexity index is 1210. The van der Waals surface area contributed by atoms with Crippen LogP contribution >= 0.6 is 23.2 Å². The number of aromatic nitrogens is 1. The first-order valence-electron chi connectivity index (χ1n) is 8.50. The van der Waals surface area contributed by atoms with Gasteiger partial charge in [-0.3, -0.25) is 14.6 Å². The quantitative estimate of drug-likeness (QED) is 0.516. The molecule has 30 heavy (non-hydrogen) atoms. The zero-order chi connectivity index (χ0) is 21.7. The van der Waals surface area contributed by atoms with Crippen LogP contribution in [0.1, 0.15) is 0 Å². The number of hydrogen-bond acceptors (Lipinski definition) is 6. The number of sulfonamides is 1. The highest BCUT2D eigenvalue weighted by Gasteiger charge is 2.18. The fraction of sp³-hybridized carbons (Fsp3) is 0.105. The highest BCUT2D eigenvalue weighted by atomic mass is 35.5. The van der Waals surface area contributed by atoms with Gasteiger partial charge in [-0.05, 0) is 42.5 Å². The number of halogens is 2. The molecule has 0 saturated heterocycles. The van der Waals surface area contributed by atoms with E-state index >= 15 is 0 Å². The SMILES string of the molecule is O=C(COC(=O)CNS(=O)(=O)c1ccc(Cl)c(Cl)c1)Nc1cccc2ncccc12. The van der Waals surface area contributed by atoms with Gasteiger partial charge >= 0.3 is 5.97 Å². The first-order valence-corrected chi connectivity index (χ1v) is 10.7. The van der Waals surface area contributed by atoms with Crippen molar-refractivity contribution in [2.45, 2.75) is 4.90 Å². The summed E-state index contributed by atoms with van der Waals surface area (Å²) in [6.07, 6.45) is 1.63. The Balaban J connectivity index is 1.52. The van der Waals surface area contributed by atoms with Gasteiger partial charge in [-0.2, -0.15) is 4.72 Å². The maximum Gasteiger partial charge on any atom is 0.321 e. The maximum absolute atomic E-state index is 12.2. The van der Waals surface area contributed by atoms with E-state index in [2.05, 4.69) is 15.0 Å². The number of pyridine rings is 1. The van der Waals surface area contributed by atoms with Crippen molar-refractivity contribution in [1.29, 1.82) is 0 Å². The van der Waals surface area contributed by atoms with Gasteiger partial charge in [-0.15, -0.1) is 0 Å². The minimum absolute atomic E-state index is 0.0578. The number of nitrogens with zero attached hydrogens (tertiary/aromatic N) is 1. The van der Waals surface area contributed by atoms with Crippen molar-refractivity contribution >= 4 is 61.7 Å². The van der Waals surface area contributed by atoms with E-state index in [9.17, 15) is 18.0 Å². The lowest BCUT2D eigenvalue weighted by atomic mass is 10.2. The van der Waals surface area contributed by atoms with Gasteiger partial charge in [-0.1, -0.05) is 29.3 Å². The number of fused-ring (bicyclic) bond motifs is 1. The van der Waals surface area contributed by atoms with E-state index in [4.69, 9.17) is 27.9 Å². The van der Waals surface area contributed by atoms with Crippen molar-refractivity contribution in [3.8, 4) is 0 Å². The third-order valence-electron chi connectivity index (χ3n) is 3.89. The van der Waals surface area contributed by atoms with E-state index < -0.39 is 35.1 Å². The highest BCUT2D eigenvalue weighted by molar-refractivity contribution is 7.89. The summed E-state index contributed by atoms with van der Waals surface area (Å²) in [7, 11) is -4.01. The first-order chi connectivity index (χ1) is 14.3. The Hall–Kier alpha value is -2.72. The molecule has 0 saturated carbocycles. The standard InChI is InChI=1S/C19H15Cl2N3O5S/c20-14-7-6-12(9-15(14)21)30(27,28)23-10-19(26)29-11-18(25)24-17-5-1-4-16-13(17)3-2-8-22-16/h1-9,23H,10-11H2,(H,24,25). The van der Waals surface area contributed by atoms with E-state index in [0.717, 1.165) is 11.5 Å². The molecule has 0 aliphatic carbocycles. The number of amides is 1. The second-order valence-electron chi connectivity index (χ2n) is 5.98. The van der Waals surface area contributed by atoms with Crippen LogP contribution in [-0.4, -0.2) is 38.4 Å². The number of esters is 1. The Morgan fingerprint density at radius 2 is 1.83 bits per heavy atom. The van der Waals surface area contributed by atoms with E-state index in [1.807, 2.05) is 0 Å². The zero-order valence-corrected chi connectivity index (χ0v) is 17.6. The maximum atomic E-state index is 12.2. The van der Waals surface area contributed by atoms with Crippen LogP contribution in [0.2, 0.25) is 10.0 Å². The molecule has 0 aliphatic rings. The number of carbonyl (C=O) groups excluding carboxylic acids is 2. The van der Waals surface area contributed by atoms with Crippen molar-refractivity contribution in [3.05, 3.63) is 64.8 Å². The molecule has 0 atom stereocenters. The first kappa shape index (κ1) is 22.0. The van der Waals surface area contributed by atoms with Gasteiger partial charge in [0.05, 0.1) is 26.1 Å². The molecule has 0 aliphatic heterocycles. The molecule has 3 aromatic rings. The lowest BCUT2D eigenvalue weighted by Crippen LogP contribution is -2.32. The predicted octanol–water partition coefficient (Wildman–Crippen LogP) is 3.00.